The van der Waals surface area contributed by atoms with E-state index in [1.54, 1.807) is 24.3 Å². The van der Waals surface area contributed by atoms with Crippen LogP contribution in [-0.2, 0) is 20.6 Å². The van der Waals surface area contributed by atoms with Crippen LogP contribution in [0.15, 0.2) is 42.5 Å². The first-order chi connectivity index (χ1) is 13.3. The number of sulfonamides is 1. The Morgan fingerprint density at radius 3 is 2.71 bits per heavy atom. The Morgan fingerprint density at radius 2 is 1.96 bits per heavy atom. The number of hydrogen-bond donors (Lipinski definition) is 1. The number of halogens is 1. The highest BCUT2D eigenvalue weighted by molar-refractivity contribution is 7.88. The zero-order chi connectivity index (χ0) is 20.3. The standard InChI is InChI=1S/C21H25ClN2O3S/c1-15-6-3-10-20(16(15)2)23-21(25)18-8-5-11-24(13-18)28(26,27)14-17-7-4-9-19(22)12-17/h3-4,6-7,9-10,12,18H,5,8,11,13-14H2,1-2H3,(H,23,25). The molecule has 1 aliphatic rings. The second-order valence-electron chi connectivity index (χ2n) is 7.32. The maximum Gasteiger partial charge on any atom is 0.228 e. The first-order valence-corrected chi connectivity index (χ1v) is 11.3. The van der Waals surface area contributed by atoms with Gasteiger partial charge in [0.1, 0.15) is 0 Å². The van der Waals surface area contributed by atoms with Crippen LogP contribution in [0.25, 0.3) is 0 Å². The molecule has 1 amide bonds. The fraction of sp³-hybridized carbons (Fsp3) is 0.381. The maximum absolute atomic E-state index is 12.8. The number of aryl methyl sites for hydroxylation is 1. The van der Waals surface area contributed by atoms with Crippen molar-refractivity contribution in [1.29, 1.82) is 0 Å². The maximum atomic E-state index is 12.8. The van der Waals surface area contributed by atoms with E-state index in [0.717, 1.165) is 16.8 Å². The van der Waals surface area contributed by atoms with Gasteiger partial charge in [0.05, 0.1) is 11.7 Å². The van der Waals surface area contributed by atoms with Crippen molar-refractivity contribution in [2.24, 2.45) is 5.92 Å². The fourth-order valence-electron chi connectivity index (χ4n) is 3.46. The van der Waals surface area contributed by atoms with Gasteiger partial charge in [0.15, 0.2) is 0 Å². The lowest BCUT2D eigenvalue weighted by Gasteiger charge is -2.31. The molecule has 1 N–H and O–H groups in total. The van der Waals surface area contributed by atoms with Crippen LogP contribution in [0.2, 0.25) is 5.02 Å². The molecule has 28 heavy (non-hydrogen) atoms. The summed E-state index contributed by atoms with van der Waals surface area (Å²) in [4.78, 5) is 12.8. The average molecular weight is 421 g/mol. The molecule has 150 valence electrons. The number of benzene rings is 2. The first-order valence-electron chi connectivity index (χ1n) is 9.35. The Morgan fingerprint density at radius 1 is 1.21 bits per heavy atom. The quantitative estimate of drug-likeness (QED) is 0.790. The van der Waals surface area contributed by atoms with Crippen molar-refractivity contribution in [1.82, 2.24) is 4.31 Å². The number of carbonyl (C=O) groups is 1. The SMILES string of the molecule is Cc1cccc(NC(=O)C2CCCN(S(=O)(=O)Cc3cccc(Cl)c3)C2)c1C. The van der Waals surface area contributed by atoms with Gasteiger partial charge in [-0.1, -0.05) is 35.9 Å². The molecule has 0 radical (unpaired) electrons. The van der Waals surface area contributed by atoms with E-state index in [9.17, 15) is 13.2 Å². The van der Waals surface area contributed by atoms with Gasteiger partial charge in [-0.15, -0.1) is 0 Å². The van der Waals surface area contributed by atoms with Gasteiger partial charge in [-0.2, -0.15) is 0 Å². The third kappa shape index (κ3) is 4.93. The summed E-state index contributed by atoms with van der Waals surface area (Å²) < 4.78 is 27.1. The number of nitrogens with one attached hydrogen (secondary N) is 1. The van der Waals surface area contributed by atoms with Crippen molar-refractivity contribution in [2.75, 3.05) is 18.4 Å². The summed E-state index contributed by atoms with van der Waals surface area (Å²) in [7, 11) is -3.51. The van der Waals surface area contributed by atoms with Gasteiger partial charge in [-0.25, -0.2) is 12.7 Å². The van der Waals surface area contributed by atoms with E-state index >= 15 is 0 Å². The Kier molecular flexibility index (Phi) is 6.43. The lowest BCUT2D eigenvalue weighted by molar-refractivity contribution is -0.120. The number of amides is 1. The van der Waals surface area contributed by atoms with Crippen LogP contribution in [0.4, 0.5) is 5.69 Å². The van der Waals surface area contributed by atoms with Crippen LogP contribution in [0, 0.1) is 19.8 Å². The molecule has 2 aromatic carbocycles. The third-order valence-electron chi connectivity index (χ3n) is 5.25. The van der Waals surface area contributed by atoms with Crippen molar-refractivity contribution in [3.63, 3.8) is 0 Å². The highest BCUT2D eigenvalue weighted by Crippen LogP contribution is 2.25. The van der Waals surface area contributed by atoms with Crippen LogP contribution in [0.3, 0.4) is 0 Å². The molecule has 0 saturated carbocycles. The first kappa shape index (κ1) is 20.8. The van der Waals surface area contributed by atoms with E-state index in [-0.39, 0.29) is 24.1 Å². The molecule has 1 unspecified atom stereocenters. The van der Waals surface area contributed by atoms with Gasteiger partial charge in [-0.05, 0) is 61.6 Å². The number of nitrogens with zero attached hydrogens (tertiary/aromatic N) is 1. The summed E-state index contributed by atoms with van der Waals surface area (Å²) in [6, 6.07) is 12.6. The summed E-state index contributed by atoms with van der Waals surface area (Å²) in [5.74, 6) is -0.599. The van der Waals surface area contributed by atoms with Gasteiger partial charge in [0.2, 0.25) is 15.9 Å². The summed E-state index contributed by atoms with van der Waals surface area (Å²) in [6.07, 6.45) is 1.35. The van der Waals surface area contributed by atoms with Crippen LogP contribution < -0.4 is 5.32 Å². The molecular formula is C21H25ClN2O3S. The van der Waals surface area contributed by atoms with Crippen molar-refractivity contribution in [3.8, 4) is 0 Å². The average Bonchev–Trinajstić information content (AvgIpc) is 2.65. The monoisotopic (exact) mass is 420 g/mol. The normalized spacial score (nSPS) is 18.0. The number of anilines is 1. The predicted molar refractivity (Wildman–Crippen MR) is 113 cm³/mol. The number of hydrogen-bond acceptors (Lipinski definition) is 3. The zero-order valence-corrected chi connectivity index (χ0v) is 17.7. The van der Waals surface area contributed by atoms with E-state index in [0.29, 0.717) is 30.0 Å². The topological polar surface area (TPSA) is 66.5 Å². The van der Waals surface area contributed by atoms with Gasteiger partial charge in [-0.3, -0.25) is 4.79 Å². The molecule has 0 aromatic heterocycles. The van der Waals surface area contributed by atoms with Gasteiger partial charge < -0.3 is 5.32 Å². The molecular weight excluding hydrogens is 396 g/mol. The highest BCUT2D eigenvalue weighted by Gasteiger charge is 2.32. The lowest BCUT2D eigenvalue weighted by Crippen LogP contribution is -2.44. The molecule has 1 atom stereocenters. The molecule has 7 heteroatoms. The van der Waals surface area contributed by atoms with Crippen LogP contribution in [0.5, 0.6) is 0 Å². The van der Waals surface area contributed by atoms with E-state index in [1.165, 1.54) is 4.31 Å². The van der Waals surface area contributed by atoms with Crippen LogP contribution in [-0.4, -0.2) is 31.7 Å². The Balaban J connectivity index is 1.69. The molecule has 1 fully saturated rings. The number of piperidine rings is 1. The van der Waals surface area contributed by atoms with Crippen LogP contribution in [0.1, 0.15) is 29.5 Å². The van der Waals surface area contributed by atoms with Gasteiger partial charge in [0.25, 0.3) is 0 Å². The summed E-state index contributed by atoms with van der Waals surface area (Å²) in [5.41, 5.74) is 3.56. The molecule has 5 nitrogen and oxygen atoms in total. The predicted octanol–water partition coefficient (Wildman–Crippen LogP) is 4.14. The summed E-state index contributed by atoms with van der Waals surface area (Å²) >= 11 is 5.96. The molecule has 1 aliphatic heterocycles. The second-order valence-corrected chi connectivity index (χ2v) is 9.73. The lowest BCUT2D eigenvalue weighted by atomic mass is 9.98. The number of rotatable bonds is 5. The second kappa shape index (κ2) is 8.64. The number of carbonyl (C=O) groups excluding carboxylic acids is 1. The van der Waals surface area contributed by atoms with E-state index in [2.05, 4.69) is 5.32 Å². The Hall–Kier alpha value is -1.89. The molecule has 2 aromatic rings. The van der Waals surface area contributed by atoms with Crippen molar-refractivity contribution in [2.45, 2.75) is 32.4 Å². The molecule has 0 bridgehead atoms. The molecule has 0 spiro atoms. The zero-order valence-electron chi connectivity index (χ0n) is 16.1. The summed E-state index contributed by atoms with van der Waals surface area (Å²) in [6.45, 7) is 4.61. The minimum Gasteiger partial charge on any atom is -0.326 e. The van der Waals surface area contributed by atoms with Crippen molar-refractivity contribution >= 4 is 33.2 Å². The third-order valence-corrected chi connectivity index (χ3v) is 7.30. The van der Waals surface area contributed by atoms with E-state index < -0.39 is 10.0 Å². The fourth-order valence-corrected chi connectivity index (χ4v) is 5.27. The summed E-state index contributed by atoms with van der Waals surface area (Å²) in [5, 5.41) is 3.48. The molecule has 1 heterocycles. The minimum atomic E-state index is -3.51. The minimum absolute atomic E-state index is 0.112. The Bertz CT molecular complexity index is 975. The van der Waals surface area contributed by atoms with E-state index in [1.807, 2.05) is 32.0 Å². The van der Waals surface area contributed by atoms with Gasteiger partial charge in [0, 0.05) is 23.8 Å². The molecule has 0 aliphatic carbocycles. The largest absolute Gasteiger partial charge is 0.326 e. The smallest absolute Gasteiger partial charge is 0.228 e. The van der Waals surface area contributed by atoms with Crippen molar-refractivity contribution < 1.29 is 13.2 Å². The van der Waals surface area contributed by atoms with Crippen molar-refractivity contribution in [3.05, 3.63) is 64.2 Å². The molecule has 1 saturated heterocycles. The van der Waals surface area contributed by atoms with Gasteiger partial charge >= 0.3 is 0 Å². The molecule has 3 rings (SSSR count). The van der Waals surface area contributed by atoms with E-state index in [4.69, 9.17) is 11.6 Å². The van der Waals surface area contributed by atoms with Crippen LogP contribution >= 0.6 is 11.6 Å². The Labute approximate surface area is 171 Å². The highest BCUT2D eigenvalue weighted by atomic mass is 35.5.